The lowest BCUT2D eigenvalue weighted by atomic mass is 10.0. The van der Waals surface area contributed by atoms with Crippen molar-refractivity contribution >= 4 is 17.6 Å². The van der Waals surface area contributed by atoms with Crippen LogP contribution < -0.4 is 10.2 Å². The number of carbonyl (C=O) groups is 2. The summed E-state index contributed by atoms with van der Waals surface area (Å²) < 4.78 is 0. The Hall–Kier alpha value is -2.04. The fourth-order valence-corrected chi connectivity index (χ4v) is 2.14. The van der Waals surface area contributed by atoms with Crippen LogP contribution in [-0.4, -0.2) is 36.6 Å². The minimum Gasteiger partial charge on any atom is -0.481 e. The van der Waals surface area contributed by atoms with E-state index in [1.54, 1.807) is 6.92 Å². The first kappa shape index (κ1) is 13.4. The Morgan fingerprint density at radius 2 is 2.11 bits per heavy atom. The number of anilines is 1. The number of hydrogen-bond donors (Lipinski definition) is 2. The topological polar surface area (TPSA) is 69.6 Å². The Kier molecular flexibility index (Phi) is 4.04. The van der Waals surface area contributed by atoms with Gasteiger partial charge in [-0.15, -0.1) is 0 Å². The molecule has 1 atom stereocenters. The van der Waals surface area contributed by atoms with E-state index in [4.69, 9.17) is 5.11 Å². The molecule has 19 heavy (non-hydrogen) atoms. The summed E-state index contributed by atoms with van der Waals surface area (Å²) in [4.78, 5) is 24.1. The van der Waals surface area contributed by atoms with Crippen LogP contribution in [0, 0.1) is 5.92 Å². The first-order valence-corrected chi connectivity index (χ1v) is 6.39. The highest BCUT2D eigenvalue weighted by atomic mass is 16.4. The molecular weight excluding hydrogens is 244 g/mol. The summed E-state index contributed by atoms with van der Waals surface area (Å²) in [6.07, 6.45) is 0.524. The third-order valence-electron chi connectivity index (χ3n) is 3.30. The molecule has 1 aromatic rings. The molecule has 5 nitrogen and oxygen atoms in total. The Balaban J connectivity index is 2.01. The van der Waals surface area contributed by atoms with E-state index in [-0.39, 0.29) is 11.8 Å². The van der Waals surface area contributed by atoms with Crippen molar-refractivity contribution in [2.75, 3.05) is 24.5 Å². The Bertz CT molecular complexity index is 470. The van der Waals surface area contributed by atoms with Gasteiger partial charge in [-0.3, -0.25) is 9.59 Å². The lowest BCUT2D eigenvalue weighted by Gasteiger charge is -2.28. The number of carboxylic acids is 1. The molecule has 1 aliphatic rings. The molecule has 0 radical (unpaired) electrons. The van der Waals surface area contributed by atoms with Gasteiger partial charge in [0.05, 0.1) is 12.5 Å². The number of carbonyl (C=O) groups excluding carboxylic acids is 1. The van der Waals surface area contributed by atoms with Crippen LogP contribution in [0.25, 0.3) is 0 Å². The van der Waals surface area contributed by atoms with Gasteiger partial charge in [-0.1, -0.05) is 19.1 Å². The summed E-state index contributed by atoms with van der Waals surface area (Å²) in [6.45, 7) is 3.54. The molecule has 0 saturated carbocycles. The minimum absolute atomic E-state index is 0.0369. The van der Waals surface area contributed by atoms with Crippen molar-refractivity contribution in [2.24, 2.45) is 5.92 Å². The molecule has 2 rings (SSSR count). The molecule has 1 aliphatic heterocycles. The van der Waals surface area contributed by atoms with E-state index in [0.717, 1.165) is 17.8 Å². The Morgan fingerprint density at radius 3 is 2.68 bits per heavy atom. The van der Waals surface area contributed by atoms with Crippen LogP contribution in [0.3, 0.4) is 0 Å². The van der Waals surface area contributed by atoms with Gasteiger partial charge in [-0.05, 0) is 24.1 Å². The van der Waals surface area contributed by atoms with Crippen LogP contribution in [0.4, 0.5) is 5.69 Å². The summed E-state index contributed by atoms with van der Waals surface area (Å²) in [5.41, 5.74) is 2.00. The molecule has 0 bridgehead atoms. The average molecular weight is 262 g/mol. The molecule has 0 aliphatic carbocycles. The quantitative estimate of drug-likeness (QED) is 0.845. The van der Waals surface area contributed by atoms with E-state index >= 15 is 0 Å². The smallest absolute Gasteiger partial charge is 0.306 e. The minimum atomic E-state index is -0.781. The summed E-state index contributed by atoms with van der Waals surface area (Å²) >= 11 is 0. The van der Waals surface area contributed by atoms with Gasteiger partial charge in [0.2, 0.25) is 5.91 Å². The number of amides is 1. The predicted molar refractivity (Wildman–Crippen MR) is 72.2 cm³/mol. The van der Waals surface area contributed by atoms with Crippen molar-refractivity contribution in [1.82, 2.24) is 5.32 Å². The lowest BCUT2D eigenvalue weighted by molar-refractivity contribution is -0.141. The van der Waals surface area contributed by atoms with Crippen molar-refractivity contribution in [3.05, 3.63) is 29.8 Å². The highest BCUT2D eigenvalue weighted by Crippen LogP contribution is 2.17. The molecule has 2 N–H and O–H groups in total. The number of nitrogens with one attached hydrogen (secondary N) is 1. The lowest BCUT2D eigenvalue weighted by Crippen LogP contribution is -2.47. The number of piperazine rings is 1. The third-order valence-corrected chi connectivity index (χ3v) is 3.30. The SMILES string of the molecule is CC(Cc1ccc(N2CCNC(=O)C2)cc1)C(=O)O. The first-order valence-electron chi connectivity index (χ1n) is 6.39. The van der Waals surface area contributed by atoms with Crippen LogP contribution in [0.1, 0.15) is 12.5 Å². The van der Waals surface area contributed by atoms with Crippen LogP contribution in [0.2, 0.25) is 0 Å². The third kappa shape index (κ3) is 3.47. The molecule has 1 heterocycles. The van der Waals surface area contributed by atoms with Crippen LogP contribution in [0.5, 0.6) is 0 Å². The van der Waals surface area contributed by atoms with Gasteiger partial charge in [-0.2, -0.15) is 0 Å². The maximum atomic E-state index is 11.3. The van der Waals surface area contributed by atoms with Gasteiger partial charge >= 0.3 is 5.97 Å². The summed E-state index contributed by atoms with van der Waals surface area (Å²) in [6, 6.07) is 7.76. The van der Waals surface area contributed by atoms with Gasteiger partial charge in [0.1, 0.15) is 0 Å². The number of hydrogen-bond acceptors (Lipinski definition) is 3. The van der Waals surface area contributed by atoms with Crippen molar-refractivity contribution in [3.63, 3.8) is 0 Å². The van der Waals surface area contributed by atoms with Crippen LogP contribution >= 0.6 is 0 Å². The van der Waals surface area contributed by atoms with Gasteiger partial charge in [0.15, 0.2) is 0 Å². The second-order valence-corrected chi connectivity index (χ2v) is 4.88. The van der Waals surface area contributed by atoms with E-state index in [0.29, 0.717) is 19.5 Å². The van der Waals surface area contributed by atoms with Crippen molar-refractivity contribution in [2.45, 2.75) is 13.3 Å². The number of benzene rings is 1. The largest absolute Gasteiger partial charge is 0.481 e. The molecule has 0 spiro atoms. The molecule has 5 heteroatoms. The second-order valence-electron chi connectivity index (χ2n) is 4.88. The molecular formula is C14H18N2O3. The van der Waals surface area contributed by atoms with Crippen molar-refractivity contribution in [3.8, 4) is 0 Å². The van der Waals surface area contributed by atoms with E-state index in [1.165, 1.54) is 0 Å². The van der Waals surface area contributed by atoms with Gasteiger partial charge in [0, 0.05) is 18.8 Å². The normalized spacial score (nSPS) is 16.9. The van der Waals surface area contributed by atoms with Gasteiger partial charge < -0.3 is 15.3 Å². The summed E-state index contributed by atoms with van der Waals surface area (Å²) in [5, 5.41) is 11.7. The van der Waals surface area contributed by atoms with Crippen molar-refractivity contribution in [1.29, 1.82) is 0 Å². The fraction of sp³-hybridized carbons (Fsp3) is 0.429. The molecule has 1 amide bonds. The van der Waals surface area contributed by atoms with Crippen molar-refractivity contribution < 1.29 is 14.7 Å². The first-order chi connectivity index (χ1) is 9.06. The molecule has 102 valence electrons. The molecule has 1 saturated heterocycles. The standard InChI is InChI=1S/C14H18N2O3/c1-10(14(18)19)8-11-2-4-12(5-3-11)16-7-6-15-13(17)9-16/h2-5,10H,6-9H2,1H3,(H,15,17)(H,18,19). The molecule has 1 unspecified atom stereocenters. The number of nitrogens with zero attached hydrogens (tertiary/aromatic N) is 1. The number of rotatable bonds is 4. The molecule has 0 aromatic heterocycles. The van der Waals surface area contributed by atoms with Crippen LogP contribution in [-0.2, 0) is 16.0 Å². The van der Waals surface area contributed by atoms with E-state index in [1.807, 2.05) is 29.2 Å². The van der Waals surface area contributed by atoms with Gasteiger partial charge in [-0.25, -0.2) is 0 Å². The van der Waals surface area contributed by atoms with E-state index in [9.17, 15) is 9.59 Å². The average Bonchev–Trinajstić information content (AvgIpc) is 2.39. The molecule has 1 fully saturated rings. The van der Waals surface area contributed by atoms with Gasteiger partial charge in [0.25, 0.3) is 0 Å². The summed E-state index contributed by atoms with van der Waals surface area (Å²) in [7, 11) is 0. The number of aliphatic carboxylic acids is 1. The van der Waals surface area contributed by atoms with Crippen LogP contribution in [0.15, 0.2) is 24.3 Å². The maximum Gasteiger partial charge on any atom is 0.306 e. The molecule has 1 aromatic carbocycles. The summed E-state index contributed by atoms with van der Waals surface area (Å²) in [5.74, 6) is -1.13. The van der Waals surface area contributed by atoms with E-state index < -0.39 is 5.97 Å². The Morgan fingerprint density at radius 1 is 1.42 bits per heavy atom. The highest BCUT2D eigenvalue weighted by Gasteiger charge is 2.16. The maximum absolute atomic E-state index is 11.3. The predicted octanol–water partition coefficient (Wildman–Crippen LogP) is 0.886. The zero-order valence-corrected chi connectivity index (χ0v) is 10.9. The number of carboxylic acid groups (broad SMARTS) is 1. The zero-order chi connectivity index (χ0) is 13.8. The monoisotopic (exact) mass is 262 g/mol. The Labute approximate surface area is 112 Å². The second kappa shape index (κ2) is 5.73. The highest BCUT2D eigenvalue weighted by molar-refractivity contribution is 5.82. The fourth-order valence-electron chi connectivity index (χ4n) is 2.14. The van der Waals surface area contributed by atoms with E-state index in [2.05, 4.69) is 5.32 Å². The zero-order valence-electron chi connectivity index (χ0n) is 10.9.